The van der Waals surface area contributed by atoms with Crippen LogP contribution in [0.2, 0.25) is 0 Å². The van der Waals surface area contributed by atoms with Gasteiger partial charge >= 0.3 is 0 Å². The lowest BCUT2D eigenvalue weighted by molar-refractivity contribution is 0.580. The summed E-state index contributed by atoms with van der Waals surface area (Å²) >= 11 is 0. The third-order valence-corrected chi connectivity index (χ3v) is 3.46. The van der Waals surface area contributed by atoms with Crippen LogP contribution >= 0.6 is 0 Å². The quantitative estimate of drug-likeness (QED) is 0.367. The highest BCUT2D eigenvalue weighted by Crippen LogP contribution is 2.12. The number of sulfone groups is 1. The van der Waals surface area contributed by atoms with Crippen molar-refractivity contribution in [2.24, 2.45) is 5.11 Å². The van der Waals surface area contributed by atoms with E-state index in [2.05, 4.69) is 15.3 Å². The maximum atomic E-state index is 11.1. The molecule has 0 amide bonds. The maximum absolute atomic E-state index is 11.1. The van der Waals surface area contributed by atoms with Crippen LogP contribution in [0, 0.1) is 0 Å². The van der Waals surface area contributed by atoms with E-state index in [1.807, 2.05) is 0 Å². The van der Waals surface area contributed by atoms with Crippen LogP contribution in [0.15, 0.2) is 5.11 Å². The second kappa shape index (κ2) is 3.30. The van der Waals surface area contributed by atoms with E-state index >= 15 is 0 Å². The van der Waals surface area contributed by atoms with E-state index in [4.69, 9.17) is 5.53 Å². The second-order valence-corrected chi connectivity index (χ2v) is 5.06. The van der Waals surface area contributed by atoms with Gasteiger partial charge in [0.1, 0.15) is 0 Å². The predicted molar refractivity (Wildman–Crippen MR) is 44.4 cm³/mol. The van der Waals surface area contributed by atoms with Gasteiger partial charge in [0.25, 0.3) is 0 Å². The lowest BCUT2D eigenvalue weighted by Crippen LogP contribution is -2.30. The van der Waals surface area contributed by atoms with Gasteiger partial charge < -0.3 is 5.32 Å². The monoisotopic (exact) mass is 190 g/mol. The van der Waals surface area contributed by atoms with E-state index in [0.717, 1.165) is 6.26 Å². The van der Waals surface area contributed by atoms with Crippen LogP contribution in [0.4, 0.5) is 0 Å². The molecule has 0 aromatic heterocycles. The molecule has 0 saturated carbocycles. The van der Waals surface area contributed by atoms with Crippen molar-refractivity contribution < 1.29 is 8.42 Å². The molecule has 12 heavy (non-hydrogen) atoms. The van der Waals surface area contributed by atoms with Crippen molar-refractivity contribution in [2.45, 2.75) is 11.3 Å². The van der Waals surface area contributed by atoms with Crippen molar-refractivity contribution >= 4 is 9.84 Å². The zero-order valence-electron chi connectivity index (χ0n) is 6.64. The van der Waals surface area contributed by atoms with Crippen molar-refractivity contribution in [2.75, 3.05) is 19.3 Å². The van der Waals surface area contributed by atoms with Crippen LogP contribution in [0.3, 0.4) is 0 Å². The SMILES string of the molecule is CS(=O)(=O)[C@@H]1CNC[C@H]1N=[N+]=[N-]. The van der Waals surface area contributed by atoms with E-state index < -0.39 is 21.1 Å². The molecule has 0 spiro atoms. The summed E-state index contributed by atoms with van der Waals surface area (Å²) < 4.78 is 22.2. The normalized spacial score (nSPS) is 29.8. The highest BCUT2D eigenvalue weighted by Gasteiger charge is 2.33. The summed E-state index contributed by atoms with van der Waals surface area (Å²) in [5.41, 5.74) is 8.15. The van der Waals surface area contributed by atoms with Gasteiger partial charge in [0.2, 0.25) is 0 Å². The fraction of sp³-hybridized carbons (Fsp3) is 1.00. The molecule has 1 heterocycles. The van der Waals surface area contributed by atoms with E-state index in [-0.39, 0.29) is 0 Å². The topological polar surface area (TPSA) is 94.9 Å². The standard InChI is InChI=1S/C5H10N4O2S/c1-12(10,11)5-3-7-2-4(5)8-9-6/h4-5,7H,2-3H2,1H3/t4-,5-/m1/s1. The highest BCUT2D eigenvalue weighted by atomic mass is 32.2. The molecule has 1 rings (SSSR count). The van der Waals surface area contributed by atoms with Crippen molar-refractivity contribution in [3.8, 4) is 0 Å². The summed E-state index contributed by atoms with van der Waals surface area (Å²) in [7, 11) is -3.10. The van der Waals surface area contributed by atoms with Crippen LogP contribution in [0.1, 0.15) is 0 Å². The minimum atomic E-state index is -3.10. The molecule has 0 aromatic rings. The fourth-order valence-corrected chi connectivity index (χ4v) is 2.40. The van der Waals surface area contributed by atoms with Gasteiger partial charge in [-0.05, 0) is 5.53 Å². The van der Waals surface area contributed by atoms with Gasteiger partial charge in [-0.25, -0.2) is 8.42 Å². The molecular formula is C5H10N4O2S. The molecule has 0 aromatic carbocycles. The first-order valence-electron chi connectivity index (χ1n) is 3.49. The average Bonchev–Trinajstić information content (AvgIpc) is 2.34. The molecule has 0 bridgehead atoms. The fourth-order valence-electron chi connectivity index (χ4n) is 1.26. The molecule has 1 N–H and O–H groups in total. The van der Waals surface area contributed by atoms with E-state index in [1.165, 1.54) is 0 Å². The van der Waals surface area contributed by atoms with E-state index in [1.54, 1.807) is 0 Å². The Morgan fingerprint density at radius 3 is 2.75 bits per heavy atom. The Labute approximate surface area is 70.5 Å². The Morgan fingerprint density at radius 2 is 2.25 bits per heavy atom. The highest BCUT2D eigenvalue weighted by molar-refractivity contribution is 7.91. The minimum absolute atomic E-state index is 0.378. The minimum Gasteiger partial charge on any atom is -0.315 e. The summed E-state index contributed by atoms with van der Waals surface area (Å²) in [5, 5.41) is 5.72. The summed E-state index contributed by atoms with van der Waals surface area (Å²) in [6, 6.07) is -0.454. The summed E-state index contributed by atoms with van der Waals surface area (Å²) in [6.07, 6.45) is 1.16. The van der Waals surface area contributed by atoms with Gasteiger partial charge in [-0.3, -0.25) is 0 Å². The molecule has 1 saturated heterocycles. The van der Waals surface area contributed by atoms with Gasteiger partial charge in [0.05, 0.1) is 11.3 Å². The first-order valence-corrected chi connectivity index (χ1v) is 5.45. The van der Waals surface area contributed by atoms with Gasteiger partial charge in [0.15, 0.2) is 9.84 Å². The van der Waals surface area contributed by atoms with Gasteiger partial charge in [-0.15, -0.1) is 0 Å². The van der Waals surface area contributed by atoms with Crippen molar-refractivity contribution in [3.63, 3.8) is 0 Å². The number of rotatable bonds is 2. The maximum Gasteiger partial charge on any atom is 0.152 e. The van der Waals surface area contributed by atoms with Crippen molar-refractivity contribution in [1.82, 2.24) is 5.32 Å². The van der Waals surface area contributed by atoms with E-state index in [0.29, 0.717) is 13.1 Å². The lowest BCUT2D eigenvalue weighted by Gasteiger charge is -2.10. The van der Waals surface area contributed by atoms with Crippen LogP contribution in [-0.4, -0.2) is 39.1 Å². The average molecular weight is 190 g/mol. The van der Waals surface area contributed by atoms with Gasteiger partial charge in [0, 0.05) is 24.3 Å². The van der Waals surface area contributed by atoms with Gasteiger partial charge in [-0.2, -0.15) is 0 Å². The Kier molecular flexibility index (Phi) is 2.56. The summed E-state index contributed by atoms with van der Waals surface area (Å²) in [4.78, 5) is 2.60. The molecule has 0 radical (unpaired) electrons. The zero-order chi connectivity index (χ0) is 9.19. The van der Waals surface area contributed by atoms with Crippen LogP contribution in [0.25, 0.3) is 10.4 Å². The Hall–Kier alpha value is -0.780. The lowest BCUT2D eigenvalue weighted by atomic mass is 10.3. The molecular weight excluding hydrogens is 180 g/mol. The van der Waals surface area contributed by atoms with Crippen molar-refractivity contribution in [1.29, 1.82) is 0 Å². The molecule has 0 aliphatic carbocycles. The van der Waals surface area contributed by atoms with Crippen LogP contribution in [-0.2, 0) is 9.84 Å². The summed E-state index contributed by atoms with van der Waals surface area (Å²) in [6.45, 7) is 0.824. The Bertz CT molecular complexity index is 305. The van der Waals surface area contributed by atoms with Crippen molar-refractivity contribution in [3.05, 3.63) is 10.4 Å². The van der Waals surface area contributed by atoms with Crippen LogP contribution in [0.5, 0.6) is 0 Å². The number of nitrogens with zero attached hydrogens (tertiary/aromatic N) is 3. The van der Waals surface area contributed by atoms with Gasteiger partial charge in [-0.1, -0.05) is 5.11 Å². The molecule has 1 fully saturated rings. The molecule has 1 aliphatic rings. The first-order chi connectivity index (χ1) is 5.55. The molecule has 2 atom stereocenters. The molecule has 6 nitrogen and oxygen atoms in total. The van der Waals surface area contributed by atoms with E-state index in [9.17, 15) is 8.42 Å². The molecule has 0 unspecified atom stereocenters. The Balaban J connectivity index is 2.84. The number of azide groups is 1. The second-order valence-electron chi connectivity index (χ2n) is 2.80. The molecule has 7 heteroatoms. The number of hydrogen-bond acceptors (Lipinski definition) is 4. The third-order valence-electron chi connectivity index (χ3n) is 1.88. The zero-order valence-corrected chi connectivity index (χ0v) is 7.45. The summed E-state index contributed by atoms with van der Waals surface area (Å²) in [5.74, 6) is 0. The molecule has 1 aliphatic heterocycles. The number of nitrogens with one attached hydrogen (secondary N) is 1. The predicted octanol–water partition coefficient (Wildman–Crippen LogP) is -0.318. The third kappa shape index (κ3) is 1.88. The molecule has 68 valence electrons. The smallest absolute Gasteiger partial charge is 0.152 e. The largest absolute Gasteiger partial charge is 0.315 e. The number of hydrogen-bond donors (Lipinski definition) is 1. The van der Waals surface area contributed by atoms with Crippen LogP contribution < -0.4 is 5.32 Å². The Morgan fingerprint density at radius 1 is 1.58 bits per heavy atom. The first kappa shape index (κ1) is 9.31.